The Balaban J connectivity index is 2.33. The summed E-state index contributed by atoms with van der Waals surface area (Å²) in [5.41, 5.74) is 4.65. The number of nitrogens with one attached hydrogen (secondary N) is 1. The lowest BCUT2D eigenvalue weighted by atomic mass is 9.84. The SMILES string of the molecule is CCNc1ccc(CC(C)(C)C=O)c(Cc2ccccc2)c1. The maximum atomic E-state index is 11.3. The van der Waals surface area contributed by atoms with Gasteiger partial charge in [-0.3, -0.25) is 0 Å². The monoisotopic (exact) mass is 295 g/mol. The van der Waals surface area contributed by atoms with Gasteiger partial charge in [0, 0.05) is 17.6 Å². The molecule has 0 fully saturated rings. The van der Waals surface area contributed by atoms with Crippen molar-refractivity contribution >= 4 is 12.0 Å². The second kappa shape index (κ2) is 7.26. The minimum Gasteiger partial charge on any atom is -0.385 e. The van der Waals surface area contributed by atoms with Crippen LogP contribution < -0.4 is 5.32 Å². The quantitative estimate of drug-likeness (QED) is 0.763. The largest absolute Gasteiger partial charge is 0.385 e. The molecule has 0 saturated heterocycles. The van der Waals surface area contributed by atoms with E-state index in [4.69, 9.17) is 0 Å². The van der Waals surface area contributed by atoms with Gasteiger partial charge in [-0.1, -0.05) is 50.2 Å². The molecule has 0 heterocycles. The highest BCUT2D eigenvalue weighted by Gasteiger charge is 2.19. The molecule has 2 heteroatoms. The number of carbonyl (C=O) groups is 1. The normalized spacial score (nSPS) is 11.2. The molecule has 0 bridgehead atoms. The van der Waals surface area contributed by atoms with Crippen LogP contribution in [0.2, 0.25) is 0 Å². The minimum absolute atomic E-state index is 0.328. The molecular weight excluding hydrogens is 270 g/mol. The Morgan fingerprint density at radius 3 is 2.41 bits per heavy atom. The van der Waals surface area contributed by atoms with E-state index in [-0.39, 0.29) is 5.41 Å². The van der Waals surface area contributed by atoms with Gasteiger partial charge in [-0.15, -0.1) is 0 Å². The molecule has 0 unspecified atom stereocenters. The van der Waals surface area contributed by atoms with Crippen LogP contribution in [0.3, 0.4) is 0 Å². The number of carbonyl (C=O) groups excluding carboxylic acids is 1. The van der Waals surface area contributed by atoms with Gasteiger partial charge in [-0.05, 0) is 48.6 Å². The summed E-state index contributed by atoms with van der Waals surface area (Å²) >= 11 is 0. The van der Waals surface area contributed by atoms with Crippen molar-refractivity contribution in [1.29, 1.82) is 0 Å². The Hall–Kier alpha value is -2.09. The fraction of sp³-hybridized carbons (Fsp3) is 0.350. The Morgan fingerprint density at radius 1 is 1.05 bits per heavy atom. The van der Waals surface area contributed by atoms with Gasteiger partial charge < -0.3 is 10.1 Å². The number of hydrogen-bond acceptors (Lipinski definition) is 2. The van der Waals surface area contributed by atoms with Crippen LogP contribution in [-0.2, 0) is 17.6 Å². The molecule has 0 saturated carbocycles. The Bertz CT molecular complexity index is 617. The highest BCUT2D eigenvalue weighted by atomic mass is 16.1. The second-order valence-corrected chi connectivity index (χ2v) is 6.46. The van der Waals surface area contributed by atoms with Crippen LogP contribution >= 0.6 is 0 Å². The van der Waals surface area contributed by atoms with Gasteiger partial charge in [0.25, 0.3) is 0 Å². The van der Waals surface area contributed by atoms with Crippen LogP contribution in [0.5, 0.6) is 0 Å². The average molecular weight is 295 g/mol. The van der Waals surface area contributed by atoms with E-state index < -0.39 is 0 Å². The molecule has 2 rings (SSSR count). The summed E-state index contributed by atoms with van der Waals surface area (Å²) in [5, 5.41) is 3.37. The van der Waals surface area contributed by atoms with Crippen LogP contribution in [0, 0.1) is 5.41 Å². The predicted molar refractivity (Wildman–Crippen MR) is 93.4 cm³/mol. The maximum absolute atomic E-state index is 11.3. The van der Waals surface area contributed by atoms with Crippen LogP contribution in [0.4, 0.5) is 5.69 Å². The summed E-state index contributed by atoms with van der Waals surface area (Å²) in [6.45, 7) is 6.99. The summed E-state index contributed by atoms with van der Waals surface area (Å²) in [4.78, 5) is 11.3. The summed E-state index contributed by atoms with van der Waals surface area (Å²) in [6, 6.07) is 16.9. The highest BCUT2D eigenvalue weighted by molar-refractivity contribution is 5.60. The molecule has 0 amide bonds. The molecule has 2 aromatic carbocycles. The van der Waals surface area contributed by atoms with Crippen LogP contribution in [0.25, 0.3) is 0 Å². The van der Waals surface area contributed by atoms with E-state index in [1.807, 2.05) is 19.9 Å². The lowest BCUT2D eigenvalue weighted by Gasteiger charge is -2.20. The number of aldehydes is 1. The molecule has 22 heavy (non-hydrogen) atoms. The molecule has 0 radical (unpaired) electrons. The summed E-state index contributed by atoms with van der Waals surface area (Å²) in [7, 11) is 0. The third kappa shape index (κ3) is 4.45. The van der Waals surface area contributed by atoms with Crippen LogP contribution in [0.1, 0.15) is 37.5 Å². The summed E-state index contributed by atoms with van der Waals surface area (Å²) in [5.74, 6) is 0. The van der Waals surface area contributed by atoms with Gasteiger partial charge in [0.2, 0.25) is 0 Å². The Morgan fingerprint density at radius 2 is 1.77 bits per heavy atom. The van der Waals surface area contributed by atoms with Crippen molar-refractivity contribution in [3.8, 4) is 0 Å². The van der Waals surface area contributed by atoms with Crippen molar-refractivity contribution < 1.29 is 4.79 Å². The van der Waals surface area contributed by atoms with Gasteiger partial charge in [0.05, 0.1) is 0 Å². The Labute approximate surface area is 133 Å². The molecule has 0 aliphatic rings. The number of hydrogen-bond donors (Lipinski definition) is 1. The molecule has 2 nitrogen and oxygen atoms in total. The lowest BCUT2D eigenvalue weighted by Crippen LogP contribution is -2.17. The molecule has 116 valence electrons. The maximum Gasteiger partial charge on any atom is 0.125 e. The standard InChI is InChI=1S/C20H25NO/c1-4-21-19-11-10-17(14-20(2,3)15-22)18(13-19)12-16-8-6-5-7-9-16/h5-11,13,15,21H,4,12,14H2,1-3H3. The third-order valence-electron chi connectivity index (χ3n) is 3.79. The fourth-order valence-electron chi connectivity index (χ4n) is 2.63. The smallest absolute Gasteiger partial charge is 0.125 e. The zero-order chi connectivity index (χ0) is 16.0. The van der Waals surface area contributed by atoms with Gasteiger partial charge in [-0.25, -0.2) is 0 Å². The van der Waals surface area contributed by atoms with E-state index >= 15 is 0 Å². The van der Waals surface area contributed by atoms with Gasteiger partial charge >= 0.3 is 0 Å². The summed E-state index contributed by atoms with van der Waals surface area (Å²) < 4.78 is 0. The van der Waals surface area contributed by atoms with Gasteiger partial charge in [-0.2, -0.15) is 0 Å². The average Bonchev–Trinajstić information content (AvgIpc) is 2.51. The molecule has 0 aliphatic carbocycles. The van der Waals surface area contributed by atoms with Crippen molar-refractivity contribution in [1.82, 2.24) is 0 Å². The van der Waals surface area contributed by atoms with Crippen LogP contribution in [0.15, 0.2) is 48.5 Å². The number of anilines is 1. The van der Waals surface area contributed by atoms with Crippen LogP contribution in [-0.4, -0.2) is 12.8 Å². The highest BCUT2D eigenvalue weighted by Crippen LogP contribution is 2.26. The first-order chi connectivity index (χ1) is 10.5. The molecule has 0 atom stereocenters. The second-order valence-electron chi connectivity index (χ2n) is 6.46. The molecule has 1 N–H and O–H groups in total. The van der Waals surface area contributed by atoms with E-state index in [0.29, 0.717) is 0 Å². The first kappa shape index (κ1) is 16.3. The molecule has 0 aromatic heterocycles. The van der Waals surface area contributed by atoms with Crippen molar-refractivity contribution in [3.63, 3.8) is 0 Å². The lowest BCUT2D eigenvalue weighted by molar-refractivity contribution is -0.114. The first-order valence-electron chi connectivity index (χ1n) is 7.90. The predicted octanol–water partition coefficient (Wildman–Crippen LogP) is 4.48. The molecular formula is C20H25NO. The van der Waals surface area contributed by atoms with Crippen molar-refractivity contribution in [2.75, 3.05) is 11.9 Å². The minimum atomic E-state index is -0.328. The van der Waals surface area contributed by atoms with E-state index in [1.165, 1.54) is 16.7 Å². The first-order valence-corrected chi connectivity index (χ1v) is 7.90. The number of rotatable bonds is 7. The Kier molecular flexibility index (Phi) is 5.37. The molecule has 2 aromatic rings. The topological polar surface area (TPSA) is 29.1 Å². The number of benzene rings is 2. The third-order valence-corrected chi connectivity index (χ3v) is 3.79. The molecule has 0 aliphatic heterocycles. The van der Waals surface area contributed by atoms with Gasteiger partial charge in [0.15, 0.2) is 0 Å². The fourth-order valence-corrected chi connectivity index (χ4v) is 2.63. The van der Waals surface area contributed by atoms with Crippen molar-refractivity contribution in [3.05, 3.63) is 65.2 Å². The summed E-state index contributed by atoms with van der Waals surface area (Å²) in [6.07, 6.45) is 2.72. The van der Waals surface area contributed by atoms with E-state index in [1.54, 1.807) is 0 Å². The van der Waals surface area contributed by atoms with E-state index in [0.717, 1.165) is 31.4 Å². The molecule has 0 spiro atoms. The van der Waals surface area contributed by atoms with Crippen molar-refractivity contribution in [2.24, 2.45) is 5.41 Å². The van der Waals surface area contributed by atoms with E-state index in [9.17, 15) is 4.79 Å². The van der Waals surface area contributed by atoms with Crippen molar-refractivity contribution in [2.45, 2.75) is 33.6 Å². The van der Waals surface area contributed by atoms with E-state index in [2.05, 4.69) is 54.7 Å². The zero-order valence-corrected chi connectivity index (χ0v) is 13.7. The zero-order valence-electron chi connectivity index (χ0n) is 13.7. The van der Waals surface area contributed by atoms with Gasteiger partial charge in [0.1, 0.15) is 6.29 Å².